The van der Waals surface area contributed by atoms with E-state index in [4.69, 9.17) is 10.5 Å². The number of nitrogens with two attached hydrogens (primary N) is 1. The lowest BCUT2D eigenvalue weighted by Crippen LogP contribution is -2.20. The van der Waals surface area contributed by atoms with Crippen molar-refractivity contribution in [2.45, 2.75) is 25.4 Å². The minimum Gasteiger partial charge on any atom is -0.399 e. The predicted octanol–water partition coefficient (Wildman–Crippen LogP) is 1.53. The fourth-order valence-electron chi connectivity index (χ4n) is 2.06. The van der Waals surface area contributed by atoms with Gasteiger partial charge in [0.2, 0.25) is 5.91 Å². The molecule has 1 aliphatic rings. The lowest BCUT2D eigenvalue weighted by molar-refractivity contribution is -0.115. The third kappa shape index (κ3) is 4.94. The van der Waals surface area contributed by atoms with Crippen LogP contribution in [0.1, 0.15) is 19.3 Å². The summed E-state index contributed by atoms with van der Waals surface area (Å²) >= 11 is 0. The van der Waals surface area contributed by atoms with Crippen molar-refractivity contribution in [1.82, 2.24) is 0 Å². The van der Waals surface area contributed by atoms with Gasteiger partial charge in [0.05, 0.1) is 6.10 Å². The smallest absolute Gasteiger partial charge is 0.225 e. The summed E-state index contributed by atoms with van der Waals surface area (Å²) in [5, 5.41) is 2.76. The number of amides is 1. The zero-order chi connectivity index (χ0) is 14.4. The number of carbonyl (C=O) groups is 1. The molecule has 0 spiro atoms. The fourth-order valence-corrected chi connectivity index (χ4v) is 3.32. The van der Waals surface area contributed by atoms with E-state index in [1.54, 1.807) is 24.3 Å². The highest BCUT2D eigenvalue weighted by Gasteiger charge is 2.18. The molecule has 1 amide bonds. The summed E-state index contributed by atoms with van der Waals surface area (Å²) in [6, 6.07) is 6.95. The van der Waals surface area contributed by atoms with Crippen LogP contribution < -0.4 is 11.1 Å². The molecule has 20 heavy (non-hydrogen) atoms. The van der Waals surface area contributed by atoms with Gasteiger partial charge >= 0.3 is 0 Å². The molecule has 1 aliphatic heterocycles. The van der Waals surface area contributed by atoms with Gasteiger partial charge in [-0.2, -0.15) is 0 Å². The van der Waals surface area contributed by atoms with Crippen LogP contribution >= 0.6 is 0 Å². The first-order valence-corrected chi connectivity index (χ1v) is 8.24. The molecular weight excluding hydrogens is 276 g/mol. The average molecular weight is 296 g/mol. The Hall–Kier alpha value is -1.40. The average Bonchev–Trinajstić information content (AvgIpc) is 2.92. The number of hydrogen-bond acceptors (Lipinski definition) is 4. The second-order valence-corrected chi connectivity index (χ2v) is 6.49. The van der Waals surface area contributed by atoms with Crippen molar-refractivity contribution in [3.05, 3.63) is 24.3 Å². The Bertz CT molecular complexity index is 470. The second-order valence-electron chi connectivity index (χ2n) is 4.87. The summed E-state index contributed by atoms with van der Waals surface area (Å²) in [6.07, 6.45) is 2.38. The molecule has 2 rings (SSSR count). The van der Waals surface area contributed by atoms with Crippen molar-refractivity contribution in [3.63, 3.8) is 0 Å². The second kappa shape index (κ2) is 7.40. The van der Waals surface area contributed by atoms with Crippen LogP contribution in [0, 0.1) is 0 Å². The molecule has 110 valence electrons. The van der Waals surface area contributed by atoms with Crippen LogP contribution in [0.3, 0.4) is 0 Å². The normalized spacial score (nSPS) is 19.7. The Morgan fingerprint density at radius 3 is 2.80 bits per heavy atom. The number of rotatable bonds is 6. The molecule has 0 bridgehead atoms. The molecule has 1 heterocycles. The van der Waals surface area contributed by atoms with Crippen LogP contribution in [0.15, 0.2) is 24.3 Å². The number of carbonyl (C=O) groups excluding carboxylic acids is 1. The highest BCUT2D eigenvalue weighted by molar-refractivity contribution is 7.85. The zero-order valence-corrected chi connectivity index (χ0v) is 12.2. The lowest BCUT2D eigenvalue weighted by Gasteiger charge is -2.09. The maximum absolute atomic E-state index is 11.8. The van der Waals surface area contributed by atoms with Crippen molar-refractivity contribution in [1.29, 1.82) is 0 Å². The van der Waals surface area contributed by atoms with E-state index in [0.29, 0.717) is 22.9 Å². The first-order valence-electron chi connectivity index (χ1n) is 6.75. The highest BCUT2D eigenvalue weighted by Crippen LogP contribution is 2.14. The Kier molecular flexibility index (Phi) is 5.55. The van der Waals surface area contributed by atoms with E-state index in [-0.39, 0.29) is 18.4 Å². The number of hydrogen-bond donors (Lipinski definition) is 2. The third-order valence-corrected chi connectivity index (χ3v) is 4.55. The van der Waals surface area contributed by atoms with Gasteiger partial charge in [0, 0.05) is 46.7 Å². The number of benzene rings is 1. The summed E-state index contributed by atoms with van der Waals surface area (Å²) in [6.45, 7) is 0.763. The van der Waals surface area contributed by atoms with E-state index in [9.17, 15) is 9.00 Å². The van der Waals surface area contributed by atoms with Crippen molar-refractivity contribution < 1.29 is 13.7 Å². The number of nitrogens with one attached hydrogen (secondary N) is 1. The first-order chi connectivity index (χ1) is 9.63. The van der Waals surface area contributed by atoms with Gasteiger partial charge in [-0.25, -0.2) is 0 Å². The van der Waals surface area contributed by atoms with E-state index in [1.807, 2.05) is 0 Å². The molecule has 3 N–H and O–H groups in total. The van der Waals surface area contributed by atoms with Crippen LogP contribution in [0.2, 0.25) is 0 Å². The molecule has 0 saturated carbocycles. The molecule has 0 radical (unpaired) electrons. The van der Waals surface area contributed by atoms with Crippen LogP contribution in [-0.4, -0.2) is 34.3 Å². The summed E-state index contributed by atoms with van der Waals surface area (Å²) in [4.78, 5) is 11.7. The molecule has 1 aromatic rings. The summed E-state index contributed by atoms with van der Waals surface area (Å²) in [7, 11) is -0.998. The largest absolute Gasteiger partial charge is 0.399 e. The van der Waals surface area contributed by atoms with Gasteiger partial charge in [0.1, 0.15) is 0 Å². The van der Waals surface area contributed by atoms with Gasteiger partial charge < -0.3 is 15.8 Å². The predicted molar refractivity (Wildman–Crippen MR) is 81.0 cm³/mol. The van der Waals surface area contributed by atoms with Gasteiger partial charge in [-0.3, -0.25) is 9.00 Å². The first kappa shape index (κ1) is 15.0. The summed E-state index contributed by atoms with van der Waals surface area (Å²) in [5.41, 5.74) is 6.93. The van der Waals surface area contributed by atoms with Crippen LogP contribution in [0.5, 0.6) is 0 Å². The molecule has 5 nitrogen and oxygen atoms in total. The summed E-state index contributed by atoms with van der Waals surface area (Å²) in [5.74, 6) is 0.783. The molecule has 2 atom stereocenters. The van der Waals surface area contributed by atoms with Gasteiger partial charge in [0.15, 0.2) is 0 Å². The third-order valence-electron chi connectivity index (χ3n) is 3.15. The minimum absolute atomic E-state index is 0.107. The summed E-state index contributed by atoms with van der Waals surface area (Å²) < 4.78 is 17.3. The van der Waals surface area contributed by atoms with Crippen LogP contribution in [-0.2, 0) is 20.3 Å². The van der Waals surface area contributed by atoms with Crippen molar-refractivity contribution >= 4 is 28.1 Å². The van der Waals surface area contributed by atoms with E-state index in [1.165, 1.54) is 0 Å². The van der Waals surface area contributed by atoms with Crippen molar-refractivity contribution in [3.8, 4) is 0 Å². The fraction of sp³-hybridized carbons (Fsp3) is 0.500. The molecular formula is C14H20N2O3S. The van der Waals surface area contributed by atoms with Crippen molar-refractivity contribution in [2.75, 3.05) is 29.2 Å². The standard InChI is InChI=1S/C14H20N2O3S/c15-11-3-5-12(6-4-11)16-14(17)7-9-20(18)10-13-2-1-8-19-13/h3-6,13H,1-2,7-10,15H2,(H,16,17). The quantitative estimate of drug-likeness (QED) is 0.780. The van der Waals surface area contributed by atoms with E-state index < -0.39 is 10.8 Å². The molecule has 0 aliphatic carbocycles. The van der Waals surface area contributed by atoms with Crippen molar-refractivity contribution in [2.24, 2.45) is 0 Å². The van der Waals surface area contributed by atoms with E-state index >= 15 is 0 Å². The molecule has 0 aromatic heterocycles. The van der Waals surface area contributed by atoms with Gasteiger partial charge in [-0.1, -0.05) is 0 Å². The maximum Gasteiger partial charge on any atom is 0.225 e. The monoisotopic (exact) mass is 296 g/mol. The van der Waals surface area contributed by atoms with Gasteiger partial charge in [-0.15, -0.1) is 0 Å². The highest BCUT2D eigenvalue weighted by atomic mass is 32.2. The van der Waals surface area contributed by atoms with Gasteiger partial charge in [-0.05, 0) is 37.1 Å². The molecule has 6 heteroatoms. The molecule has 2 unspecified atom stereocenters. The number of nitrogen functional groups attached to an aromatic ring is 1. The van der Waals surface area contributed by atoms with E-state index in [0.717, 1.165) is 19.4 Å². The molecule has 1 aromatic carbocycles. The minimum atomic E-state index is -0.998. The number of ether oxygens (including phenoxy) is 1. The molecule has 1 saturated heterocycles. The number of anilines is 2. The SMILES string of the molecule is Nc1ccc(NC(=O)CCS(=O)CC2CCCO2)cc1. The Morgan fingerprint density at radius 1 is 1.40 bits per heavy atom. The maximum atomic E-state index is 11.8. The van der Waals surface area contributed by atoms with Gasteiger partial charge in [0.25, 0.3) is 0 Å². The topological polar surface area (TPSA) is 81.4 Å². The molecule has 1 fully saturated rings. The Labute approximate surface area is 121 Å². The van der Waals surface area contributed by atoms with Crippen LogP contribution in [0.4, 0.5) is 11.4 Å². The zero-order valence-electron chi connectivity index (χ0n) is 11.3. The Balaban J connectivity index is 1.69. The van der Waals surface area contributed by atoms with Crippen LogP contribution in [0.25, 0.3) is 0 Å². The van der Waals surface area contributed by atoms with E-state index in [2.05, 4.69) is 5.32 Å². The lowest BCUT2D eigenvalue weighted by atomic mass is 10.3. The Morgan fingerprint density at radius 2 is 2.15 bits per heavy atom.